The maximum Gasteiger partial charge on any atom is 0.271 e. The third-order valence-corrected chi connectivity index (χ3v) is 6.16. The number of nitro benzene ring substituents is 1. The lowest BCUT2D eigenvalue weighted by molar-refractivity contribution is -0.384. The number of nitro groups is 1. The molecule has 0 saturated heterocycles. The molecule has 0 aliphatic carbocycles. The lowest BCUT2D eigenvalue weighted by Crippen LogP contribution is -2.49. The van der Waals surface area contributed by atoms with Crippen LogP contribution in [0.3, 0.4) is 0 Å². The number of benzene rings is 2. The number of carbonyl (C=O) groups is 1. The van der Waals surface area contributed by atoms with E-state index in [1.54, 1.807) is 13.8 Å². The van der Waals surface area contributed by atoms with E-state index in [-0.39, 0.29) is 17.8 Å². The molecular formula is C22H29N3O5S. The maximum absolute atomic E-state index is 12.9. The number of hydrogen-bond acceptors (Lipinski definition) is 5. The number of carbonyl (C=O) groups excluding carboxylic acids is 1. The van der Waals surface area contributed by atoms with Crippen LogP contribution in [0.15, 0.2) is 42.5 Å². The molecule has 0 aliphatic rings. The molecule has 1 N–H and O–H groups in total. The van der Waals surface area contributed by atoms with Crippen LogP contribution in [0.25, 0.3) is 0 Å². The molecule has 0 spiro atoms. The van der Waals surface area contributed by atoms with Gasteiger partial charge in [0.15, 0.2) is 0 Å². The Morgan fingerprint density at radius 2 is 1.90 bits per heavy atom. The first-order valence-electron chi connectivity index (χ1n) is 10.1. The van der Waals surface area contributed by atoms with Gasteiger partial charge in [0.1, 0.15) is 6.04 Å². The van der Waals surface area contributed by atoms with Crippen LogP contribution in [0.2, 0.25) is 0 Å². The van der Waals surface area contributed by atoms with Crippen molar-refractivity contribution in [1.82, 2.24) is 5.32 Å². The minimum Gasteiger partial charge on any atom is -0.354 e. The van der Waals surface area contributed by atoms with Crippen molar-refractivity contribution in [3.05, 3.63) is 69.3 Å². The number of sulfonamides is 1. The molecule has 8 nitrogen and oxygen atoms in total. The number of rotatable bonds is 10. The van der Waals surface area contributed by atoms with Gasteiger partial charge in [0.05, 0.1) is 16.9 Å². The van der Waals surface area contributed by atoms with Crippen LogP contribution in [0.5, 0.6) is 0 Å². The minimum atomic E-state index is -3.87. The van der Waals surface area contributed by atoms with E-state index in [9.17, 15) is 23.3 Å². The molecule has 1 unspecified atom stereocenters. The standard InChI is InChI=1S/C22H29N3O5S/c1-5-20(22(26)23-13-7-10-18-9-6-8-16(2)14-18)24(31(4,29)30)21-15-19(25(27)28)12-11-17(21)3/h6,8-9,11-12,14-15,20H,5,7,10,13H2,1-4H3,(H,23,26). The van der Waals surface area contributed by atoms with Crippen LogP contribution in [-0.2, 0) is 21.2 Å². The van der Waals surface area contributed by atoms with E-state index in [0.29, 0.717) is 18.5 Å². The summed E-state index contributed by atoms with van der Waals surface area (Å²) in [6.45, 7) is 5.78. The fourth-order valence-corrected chi connectivity index (χ4v) is 4.73. The zero-order valence-electron chi connectivity index (χ0n) is 18.3. The zero-order valence-corrected chi connectivity index (χ0v) is 19.1. The number of anilines is 1. The van der Waals surface area contributed by atoms with Gasteiger partial charge in [-0.3, -0.25) is 19.2 Å². The van der Waals surface area contributed by atoms with Gasteiger partial charge in [0.2, 0.25) is 15.9 Å². The molecular weight excluding hydrogens is 418 g/mol. The molecule has 0 bridgehead atoms. The van der Waals surface area contributed by atoms with Crippen molar-refractivity contribution < 1.29 is 18.1 Å². The van der Waals surface area contributed by atoms with Gasteiger partial charge in [-0.25, -0.2) is 8.42 Å². The Hall–Kier alpha value is -2.94. The van der Waals surface area contributed by atoms with E-state index in [0.717, 1.165) is 17.0 Å². The molecule has 1 amide bonds. The van der Waals surface area contributed by atoms with Gasteiger partial charge in [-0.2, -0.15) is 0 Å². The zero-order chi connectivity index (χ0) is 23.2. The van der Waals surface area contributed by atoms with Crippen LogP contribution in [-0.4, -0.2) is 38.1 Å². The van der Waals surface area contributed by atoms with Crippen molar-refractivity contribution in [2.75, 3.05) is 17.1 Å². The number of nitrogens with one attached hydrogen (secondary N) is 1. The molecule has 0 aliphatic heterocycles. The highest BCUT2D eigenvalue weighted by Crippen LogP contribution is 2.30. The van der Waals surface area contributed by atoms with E-state index in [1.807, 2.05) is 25.1 Å². The van der Waals surface area contributed by atoms with E-state index < -0.39 is 26.9 Å². The van der Waals surface area contributed by atoms with Gasteiger partial charge >= 0.3 is 0 Å². The molecule has 2 rings (SSSR count). The number of hydrogen-bond donors (Lipinski definition) is 1. The van der Waals surface area contributed by atoms with Gasteiger partial charge in [0.25, 0.3) is 5.69 Å². The quantitative estimate of drug-likeness (QED) is 0.340. The average molecular weight is 448 g/mol. The van der Waals surface area contributed by atoms with Crippen molar-refractivity contribution in [2.24, 2.45) is 0 Å². The van der Waals surface area contributed by atoms with Gasteiger partial charge in [-0.05, 0) is 44.2 Å². The second kappa shape index (κ2) is 10.4. The molecule has 168 valence electrons. The topological polar surface area (TPSA) is 110 Å². The minimum absolute atomic E-state index is 0.137. The summed E-state index contributed by atoms with van der Waals surface area (Å²) >= 11 is 0. The Bertz CT molecular complexity index is 1050. The Kier molecular flexibility index (Phi) is 8.15. The Morgan fingerprint density at radius 1 is 1.19 bits per heavy atom. The molecule has 0 fully saturated rings. The number of nitrogens with zero attached hydrogens (tertiary/aromatic N) is 2. The van der Waals surface area contributed by atoms with Crippen LogP contribution >= 0.6 is 0 Å². The fraction of sp³-hybridized carbons (Fsp3) is 0.409. The predicted octanol–water partition coefficient (Wildman–Crippen LogP) is 3.51. The first kappa shape index (κ1) is 24.3. The fourth-order valence-electron chi connectivity index (χ4n) is 3.47. The van der Waals surface area contributed by atoms with Crippen molar-refractivity contribution in [3.63, 3.8) is 0 Å². The van der Waals surface area contributed by atoms with Gasteiger partial charge in [-0.15, -0.1) is 0 Å². The summed E-state index contributed by atoms with van der Waals surface area (Å²) in [5.74, 6) is -0.428. The van der Waals surface area contributed by atoms with Gasteiger partial charge in [-0.1, -0.05) is 42.8 Å². The molecule has 0 saturated carbocycles. The second-order valence-corrected chi connectivity index (χ2v) is 9.45. The molecule has 0 aromatic heterocycles. The lowest BCUT2D eigenvalue weighted by atomic mass is 10.1. The van der Waals surface area contributed by atoms with E-state index in [4.69, 9.17) is 0 Å². The van der Waals surface area contributed by atoms with Crippen molar-refractivity contribution >= 4 is 27.3 Å². The Labute approximate surface area is 183 Å². The summed E-state index contributed by atoms with van der Waals surface area (Å²) in [4.78, 5) is 23.5. The average Bonchev–Trinajstić information content (AvgIpc) is 2.69. The van der Waals surface area contributed by atoms with E-state index in [1.165, 1.54) is 29.3 Å². The number of aryl methyl sites for hydroxylation is 3. The van der Waals surface area contributed by atoms with Gasteiger partial charge < -0.3 is 5.32 Å². The summed E-state index contributed by atoms with van der Waals surface area (Å²) < 4.78 is 26.2. The van der Waals surface area contributed by atoms with Crippen LogP contribution < -0.4 is 9.62 Å². The largest absolute Gasteiger partial charge is 0.354 e. The summed E-state index contributed by atoms with van der Waals surface area (Å²) in [5, 5.41) is 14.0. The molecule has 9 heteroatoms. The SMILES string of the molecule is CCC(C(=O)NCCCc1cccc(C)c1)N(c1cc([N+](=O)[O-])ccc1C)S(C)(=O)=O. The highest BCUT2D eigenvalue weighted by Gasteiger charge is 2.33. The van der Waals surface area contributed by atoms with Crippen LogP contribution in [0.1, 0.15) is 36.5 Å². The molecule has 0 heterocycles. The summed E-state index contributed by atoms with van der Waals surface area (Å²) in [6.07, 6.45) is 2.72. The molecule has 0 radical (unpaired) electrons. The first-order chi connectivity index (χ1) is 14.5. The third-order valence-electron chi connectivity index (χ3n) is 4.99. The molecule has 1 atom stereocenters. The monoisotopic (exact) mass is 447 g/mol. The smallest absolute Gasteiger partial charge is 0.271 e. The molecule has 2 aromatic carbocycles. The Morgan fingerprint density at radius 3 is 2.48 bits per heavy atom. The number of non-ortho nitro benzene ring substituents is 1. The normalized spacial score (nSPS) is 12.3. The first-order valence-corrected chi connectivity index (χ1v) is 12.0. The molecule has 2 aromatic rings. The van der Waals surface area contributed by atoms with Crippen molar-refractivity contribution in [2.45, 2.75) is 46.1 Å². The summed E-state index contributed by atoms with van der Waals surface area (Å²) in [6, 6.07) is 11.1. The van der Waals surface area contributed by atoms with Crippen LogP contribution in [0.4, 0.5) is 11.4 Å². The van der Waals surface area contributed by atoms with E-state index >= 15 is 0 Å². The molecule has 31 heavy (non-hydrogen) atoms. The predicted molar refractivity (Wildman–Crippen MR) is 122 cm³/mol. The van der Waals surface area contributed by atoms with Crippen molar-refractivity contribution in [3.8, 4) is 0 Å². The lowest BCUT2D eigenvalue weighted by Gasteiger charge is -2.31. The third kappa shape index (κ3) is 6.52. The Balaban J connectivity index is 2.18. The van der Waals surface area contributed by atoms with Crippen molar-refractivity contribution in [1.29, 1.82) is 0 Å². The highest BCUT2D eigenvalue weighted by molar-refractivity contribution is 7.92. The summed E-state index contributed by atoms with van der Waals surface area (Å²) in [5.41, 5.74) is 2.78. The number of amides is 1. The van der Waals surface area contributed by atoms with E-state index in [2.05, 4.69) is 11.4 Å². The van der Waals surface area contributed by atoms with Crippen LogP contribution in [0, 0.1) is 24.0 Å². The highest BCUT2D eigenvalue weighted by atomic mass is 32.2. The second-order valence-electron chi connectivity index (χ2n) is 7.59. The maximum atomic E-state index is 12.9. The summed E-state index contributed by atoms with van der Waals surface area (Å²) in [7, 11) is -3.87. The van der Waals surface area contributed by atoms with Gasteiger partial charge in [0, 0.05) is 18.7 Å².